The molecule has 1 saturated heterocycles. The Balaban J connectivity index is 2.33. The third-order valence-electron chi connectivity index (χ3n) is 2.58. The highest BCUT2D eigenvalue weighted by Gasteiger charge is 2.29. The number of alkyl halides is 1. The summed E-state index contributed by atoms with van der Waals surface area (Å²) in [5, 5.41) is 0. The minimum atomic E-state index is 0.165. The number of benzene rings is 1. The van der Waals surface area contributed by atoms with Gasteiger partial charge in [-0.25, -0.2) is 0 Å². The Hall–Kier alpha value is -0.870. The van der Waals surface area contributed by atoms with E-state index in [2.05, 4.69) is 15.9 Å². The van der Waals surface area contributed by atoms with Gasteiger partial charge < -0.3 is 10.6 Å². The number of nitrogens with two attached hydrogens (primary N) is 1. The highest BCUT2D eigenvalue weighted by Crippen LogP contribution is 2.27. The molecule has 1 fully saturated rings. The topological polar surface area (TPSA) is 46.3 Å². The second-order valence-corrected chi connectivity index (χ2v) is 4.93. The first-order valence-electron chi connectivity index (χ1n) is 4.94. The van der Waals surface area contributed by atoms with Crippen LogP contribution in [0, 0.1) is 0 Å². The van der Waals surface area contributed by atoms with Crippen LogP contribution in [0.3, 0.4) is 0 Å². The van der Waals surface area contributed by atoms with E-state index in [1.165, 1.54) is 0 Å². The highest BCUT2D eigenvalue weighted by atomic mass is 79.9. The Morgan fingerprint density at radius 3 is 2.80 bits per heavy atom. The van der Waals surface area contributed by atoms with Crippen LogP contribution in [0.25, 0.3) is 0 Å². The largest absolute Gasteiger partial charge is 0.326 e. The van der Waals surface area contributed by atoms with Gasteiger partial charge in [-0.05, 0) is 11.6 Å². The minimum Gasteiger partial charge on any atom is -0.326 e. The third kappa shape index (κ3) is 2.06. The highest BCUT2D eigenvalue weighted by molar-refractivity contribution is 9.09. The quantitative estimate of drug-likeness (QED) is 0.830. The average Bonchev–Trinajstić information content (AvgIpc) is 2.57. The van der Waals surface area contributed by atoms with Gasteiger partial charge in [-0.3, -0.25) is 4.79 Å². The molecular formula is C11H13BrN2O. The van der Waals surface area contributed by atoms with Crippen LogP contribution in [0.1, 0.15) is 12.0 Å². The van der Waals surface area contributed by atoms with E-state index in [0.29, 0.717) is 13.0 Å². The summed E-state index contributed by atoms with van der Waals surface area (Å²) in [4.78, 5) is 13.8. The molecule has 80 valence electrons. The van der Waals surface area contributed by atoms with Crippen molar-refractivity contribution in [3.8, 4) is 0 Å². The van der Waals surface area contributed by atoms with E-state index in [1.54, 1.807) is 0 Å². The van der Waals surface area contributed by atoms with Gasteiger partial charge in [0.15, 0.2) is 0 Å². The number of amides is 1. The predicted octanol–water partition coefficient (Wildman–Crippen LogP) is 1.65. The maximum Gasteiger partial charge on any atom is 0.228 e. The van der Waals surface area contributed by atoms with Crippen molar-refractivity contribution < 1.29 is 4.79 Å². The fourth-order valence-electron chi connectivity index (χ4n) is 1.84. The van der Waals surface area contributed by atoms with Crippen LogP contribution >= 0.6 is 15.9 Å². The number of anilines is 1. The van der Waals surface area contributed by atoms with Gasteiger partial charge in [-0.2, -0.15) is 0 Å². The monoisotopic (exact) mass is 268 g/mol. The Morgan fingerprint density at radius 2 is 2.20 bits per heavy atom. The molecule has 0 aromatic heterocycles. The second-order valence-electron chi connectivity index (χ2n) is 3.64. The second kappa shape index (κ2) is 4.33. The molecule has 1 heterocycles. The molecule has 4 heteroatoms. The molecule has 1 aromatic carbocycles. The van der Waals surface area contributed by atoms with Crippen LogP contribution in [-0.2, 0) is 11.3 Å². The summed E-state index contributed by atoms with van der Waals surface area (Å²) in [6.45, 7) is 1.20. The van der Waals surface area contributed by atoms with Crippen molar-refractivity contribution in [3.05, 3.63) is 29.8 Å². The number of hydrogen-bond acceptors (Lipinski definition) is 2. The number of rotatable bonds is 2. The number of hydrogen-bond donors (Lipinski definition) is 1. The van der Waals surface area contributed by atoms with E-state index in [4.69, 9.17) is 5.73 Å². The lowest BCUT2D eigenvalue weighted by molar-refractivity contribution is -0.117. The molecule has 0 radical (unpaired) electrons. The van der Waals surface area contributed by atoms with Crippen molar-refractivity contribution in [2.24, 2.45) is 5.73 Å². The molecule has 2 N–H and O–H groups in total. The van der Waals surface area contributed by atoms with Gasteiger partial charge in [0.05, 0.1) is 0 Å². The van der Waals surface area contributed by atoms with Crippen LogP contribution in [0.5, 0.6) is 0 Å². The van der Waals surface area contributed by atoms with Gasteiger partial charge in [-0.1, -0.05) is 34.1 Å². The van der Waals surface area contributed by atoms with E-state index in [-0.39, 0.29) is 10.7 Å². The molecule has 1 aliphatic heterocycles. The molecule has 1 aliphatic rings. The Morgan fingerprint density at radius 1 is 1.47 bits per heavy atom. The Labute approximate surface area is 97.4 Å². The SMILES string of the molecule is NCc1ccccc1N1CC(Br)CC1=O. The molecule has 2 rings (SSSR count). The summed E-state index contributed by atoms with van der Waals surface area (Å²) in [7, 11) is 0. The van der Waals surface area contributed by atoms with Crippen LogP contribution in [0.15, 0.2) is 24.3 Å². The smallest absolute Gasteiger partial charge is 0.228 e. The van der Waals surface area contributed by atoms with Crippen LogP contribution in [-0.4, -0.2) is 17.3 Å². The molecule has 3 nitrogen and oxygen atoms in total. The molecule has 0 aliphatic carbocycles. The summed E-state index contributed by atoms with van der Waals surface area (Å²) >= 11 is 3.47. The molecular weight excluding hydrogens is 256 g/mol. The van der Waals surface area contributed by atoms with Crippen molar-refractivity contribution in [1.82, 2.24) is 0 Å². The van der Waals surface area contributed by atoms with Gasteiger partial charge in [0.2, 0.25) is 5.91 Å². The number of halogens is 1. The van der Waals surface area contributed by atoms with Crippen molar-refractivity contribution in [1.29, 1.82) is 0 Å². The zero-order chi connectivity index (χ0) is 10.8. The molecule has 0 bridgehead atoms. The summed E-state index contributed by atoms with van der Waals surface area (Å²) in [5.74, 6) is 0.165. The number of para-hydroxylation sites is 1. The summed E-state index contributed by atoms with van der Waals surface area (Å²) < 4.78 is 0. The summed E-state index contributed by atoms with van der Waals surface area (Å²) in [5.41, 5.74) is 7.62. The average molecular weight is 269 g/mol. The van der Waals surface area contributed by atoms with Gasteiger partial charge in [0.25, 0.3) is 0 Å². The summed E-state index contributed by atoms with van der Waals surface area (Å²) in [6.07, 6.45) is 0.568. The van der Waals surface area contributed by atoms with Crippen molar-refractivity contribution in [2.75, 3.05) is 11.4 Å². The Kier molecular flexibility index (Phi) is 3.07. The van der Waals surface area contributed by atoms with Crippen molar-refractivity contribution >= 4 is 27.5 Å². The maximum absolute atomic E-state index is 11.7. The molecule has 15 heavy (non-hydrogen) atoms. The van der Waals surface area contributed by atoms with Gasteiger partial charge in [0, 0.05) is 30.0 Å². The lowest BCUT2D eigenvalue weighted by Crippen LogP contribution is -2.26. The fourth-order valence-corrected chi connectivity index (χ4v) is 2.41. The van der Waals surface area contributed by atoms with Crippen molar-refractivity contribution in [2.45, 2.75) is 17.8 Å². The van der Waals surface area contributed by atoms with Gasteiger partial charge in [-0.15, -0.1) is 0 Å². The lowest BCUT2D eigenvalue weighted by atomic mass is 10.1. The van der Waals surface area contributed by atoms with Crippen LogP contribution < -0.4 is 10.6 Å². The van der Waals surface area contributed by atoms with E-state index < -0.39 is 0 Å². The zero-order valence-corrected chi connectivity index (χ0v) is 9.90. The number of carbonyl (C=O) groups is 1. The van der Waals surface area contributed by atoms with E-state index in [0.717, 1.165) is 17.8 Å². The van der Waals surface area contributed by atoms with Crippen LogP contribution in [0.2, 0.25) is 0 Å². The number of carbonyl (C=O) groups excluding carboxylic acids is 1. The molecule has 1 amide bonds. The zero-order valence-electron chi connectivity index (χ0n) is 8.32. The molecule has 0 saturated carbocycles. The lowest BCUT2D eigenvalue weighted by Gasteiger charge is -2.19. The first-order valence-corrected chi connectivity index (χ1v) is 5.86. The van der Waals surface area contributed by atoms with Gasteiger partial charge >= 0.3 is 0 Å². The minimum absolute atomic E-state index is 0.165. The van der Waals surface area contributed by atoms with Crippen molar-refractivity contribution in [3.63, 3.8) is 0 Å². The normalized spacial score (nSPS) is 21.1. The molecule has 1 unspecified atom stereocenters. The van der Waals surface area contributed by atoms with E-state index >= 15 is 0 Å². The fraction of sp³-hybridized carbons (Fsp3) is 0.364. The van der Waals surface area contributed by atoms with E-state index in [1.807, 2.05) is 29.2 Å². The summed E-state index contributed by atoms with van der Waals surface area (Å²) in [6, 6.07) is 7.79. The van der Waals surface area contributed by atoms with E-state index in [9.17, 15) is 4.79 Å². The third-order valence-corrected chi connectivity index (χ3v) is 3.19. The van der Waals surface area contributed by atoms with Crippen LogP contribution in [0.4, 0.5) is 5.69 Å². The molecule has 0 spiro atoms. The molecule has 1 aromatic rings. The number of nitrogens with zero attached hydrogens (tertiary/aromatic N) is 1. The standard InChI is InChI=1S/C11H13BrN2O/c12-9-5-11(15)14(7-9)10-4-2-1-3-8(10)6-13/h1-4,9H,5-7,13H2. The Bertz CT molecular complexity index is 381. The molecule has 1 atom stereocenters. The van der Waals surface area contributed by atoms with Gasteiger partial charge in [0.1, 0.15) is 0 Å². The first-order chi connectivity index (χ1) is 7.22. The first kappa shape index (κ1) is 10.6. The maximum atomic E-state index is 11.7. The predicted molar refractivity (Wildman–Crippen MR) is 64.0 cm³/mol.